The van der Waals surface area contributed by atoms with Gasteiger partial charge in [-0.1, -0.05) is 6.42 Å². The van der Waals surface area contributed by atoms with Crippen molar-refractivity contribution in [3.8, 4) is 0 Å². The number of carboxylic acid groups (broad SMARTS) is 1. The molecule has 0 aromatic rings. The van der Waals surface area contributed by atoms with E-state index in [4.69, 9.17) is 5.11 Å². The second-order valence-electron chi connectivity index (χ2n) is 5.81. The molecular weight excluding hydrogens is 270 g/mol. The van der Waals surface area contributed by atoms with Crippen LogP contribution in [0.4, 0.5) is 4.79 Å². The van der Waals surface area contributed by atoms with Crippen LogP contribution in [0.25, 0.3) is 0 Å². The highest BCUT2D eigenvalue weighted by molar-refractivity contribution is 5.73. The summed E-state index contributed by atoms with van der Waals surface area (Å²) in [5.41, 5.74) is 0. The summed E-state index contributed by atoms with van der Waals surface area (Å²) in [5, 5.41) is 14.1. The molecule has 2 amide bonds. The van der Waals surface area contributed by atoms with Crippen LogP contribution < -0.4 is 10.6 Å². The molecule has 0 aliphatic carbocycles. The van der Waals surface area contributed by atoms with E-state index in [-0.39, 0.29) is 12.5 Å². The lowest BCUT2D eigenvalue weighted by molar-refractivity contribution is -0.137. The summed E-state index contributed by atoms with van der Waals surface area (Å²) in [7, 11) is 0. The van der Waals surface area contributed by atoms with E-state index in [2.05, 4.69) is 43.2 Å². The number of rotatable bonds is 11. The van der Waals surface area contributed by atoms with Gasteiger partial charge in [0, 0.05) is 38.1 Å². The Hall–Kier alpha value is -1.30. The summed E-state index contributed by atoms with van der Waals surface area (Å²) < 4.78 is 0. The standard InChI is InChI=1S/C15H31N3O3/c1-12(2)18(13(3)4)11-10-17-15(21)16-9-7-5-6-8-14(19)20/h12-13H,5-11H2,1-4H3,(H,19,20)(H2,16,17,21). The molecule has 0 fully saturated rings. The predicted molar refractivity (Wildman–Crippen MR) is 84.5 cm³/mol. The molecule has 6 nitrogen and oxygen atoms in total. The van der Waals surface area contributed by atoms with E-state index in [1.54, 1.807) is 0 Å². The van der Waals surface area contributed by atoms with Crippen molar-refractivity contribution < 1.29 is 14.7 Å². The van der Waals surface area contributed by atoms with E-state index in [9.17, 15) is 9.59 Å². The number of carboxylic acids is 1. The summed E-state index contributed by atoms with van der Waals surface area (Å²) in [5.74, 6) is -0.763. The fourth-order valence-electron chi connectivity index (χ4n) is 2.25. The Labute approximate surface area is 128 Å². The Morgan fingerprint density at radius 2 is 1.52 bits per heavy atom. The normalized spacial score (nSPS) is 11.2. The number of urea groups is 1. The maximum atomic E-state index is 11.6. The molecule has 124 valence electrons. The van der Waals surface area contributed by atoms with Crippen molar-refractivity contribution in [2.24, 2.45) is 0 Å². The van der Waals surface area contributed by atoms with E-state index >= 15 is 0 Å². The molecule has 0 aromatic carbocycles. The lowest BCUT2D eigenvalue weighted by Crippen LogP contribution is -2.44. The summed E-state index contributed by atoms with van der Waals surface area (Å²) >= 11 is 0. The molecule has 0 aliphatic rings. The molecule has 6 heteroatoms. The minimum absolute atomic E-state index is 0.152. The number of unbranched alkanes of at least 4 members (excludes halogenated alkanes) is 2. The fraction of sp³-hybridized carbons (Fsp3) is 0.867. The van der Waals surface area contributed by atoms with Crippen LogP contribution in [0.5, 0.6) is 0 Å². The first-order chi connectivity index (χ1) is 9.84. The maximum Gasteiger partial charge on any atom is 0.314 e. The maximum absolute atomic E-state index is 11.6. The van der Waals surface area contributed by atoms with Gasteiger partial charge in [-0.05, 0) is 40.5 Å². The van der Waals surface area contributed by atoms with Crippen molar-refractivity contribution in [2.75, 3.05) is 19.6 Å². The summed E-state index contributed by atoms with van der Waals surface area (Å²) in [6, 6.07) is 0.772. The van der Waals surface area contributed by atoms with Crippen LogP contribution in [0.3, 0.4) is 0 Å². The summed E-state index contributed by atoms with van der Waals surface area (Å²) in [6.07, 6.45) is 2.49. The molecule has 0 atom stereocenters. The molecule has 0 aliphatic heterocycles. The van der Waals surface area contributed by atoms with E-state index in [1.807, 2.05) is 0 Å². The zero-order valence-electron chi connectivity index (χ0n) is 13.8. The number of carbonyl (C=O) groups is 2. The summed E-state index contributed by atoms with van der Waals surface area (Å²) in [6.45, 7) is 10.6. The van der Waals surface area contributed by atoms with E-state index < -0.39 is 5.97 Å². The van der Waals surface area contributed by atoms with Crippen LogP contribution >= 0.6 is 0 Å². The third-order valence-electron chi connectivity index (χ3n) is 3.34. The van der Waals surface area contributed by atoms with Crippen LogP contribution in [-0.2, 0) is 4.79 Å². The number of hydrogen-bond donors (Lipinski definition) is 3. The SMILES string of the molecule is CC(C)N(CCNC(=O)NCCCCCC(=O)O)C(C)C. The molecule has 0 bridgehead atoms. The minimum Gasteiger partial charge on any atom is -0.481 e. The first-order valence-electron chi connectivity index (χ1n) is 7.83. The molecule has 0 radical (unpaired) electrons. The van der Waals surface area contributed by atoms with Crippen LogP contribution in [0.15, 0.2) is 0 Å². The third kappa shape index (κ3) is 11.1. The van der Waals surface area contributed by atoms with Crippen LogP contribution in [0.2, 0.25) is 0 Å². The molecule has 0 spiro atoms. The van der Waals surface area contributed by atoms with Gasteiger partial charge < -0.3 is 15.7 Å². The first-order valence-corrected chi connectivity index (χ1v) is 7.83. The first kappa shape index (κ1) is 19.7. The molecule has 0 aromatic heterocycles. The molecule has 0 saturated heterocycles. The molecule has 0 unspecified atom stereocenters. The van der Waals surface area contributed by atoms with E-state index in [0.717, 1.165) is 19.4 Å². The van der Waals surface area contributed by atoms with Gasteiger partial charge in [0.2, 0.25) is 0 Å². The number of hydrogen-bond acceptors (Lipinski definition) is 3. The fourth-order valence-corrected chi connectivity index (χ4v) is 2.25. The van der Waals surface area contributed by atoms with E-state index in [0.29, 0.717) is 31.6 Å². The quantitative estimate of drug-likeness (QED) is 0.510. The minimum atomic E-state index is -0.763. The van der Waals surface area contributed by atoms with Gasteiger partial charge in [0.05, 0.1) is 0 Å². The van der Waals surface area contributed by atoms with Crippen LogP contribution in [0.1, 0.15) is 53.4 Å². The van der Waals surface area contributed by atoms with Gasteiger partial charge >= 0.3 is 12.0 Å². The van der Waals surface area contributed by atoms with Crippen molar-refractivity contribution in [3.05, 3.63) is 0 Å². The lowest BCUT2D eigenvalue weighted by atomic mass is 10.2. The predicted octanol–water partition coefficient (Wildman–Crippen LogP) is 2.05. The van der Waals surface area contributed by atoms with Gasteiger partial charge in [0.25, 0.3) is 0 Å². The van der Waals surface area contributed by atoms with Gasteiger partial charge in [-0.25, -0.2) is 4.79 Å². The van der Waals surface area contributed by atoms with Crippen molar-refractivity contribution in [1.29, 1.82) is 0 Å². The van der Waals surface area contributed by atoms with Crippen LogP contribution in [0, 0.1) is 0 Å². The number of nitrogens with zero attached hydrogens (tertiary/aromatic N) is 1. The Kier molecular flexibility index (Phi) is 10.7. The van der Waals surface area contributed by atoms with Crippen molar-refractivity contribution >= 4 is 12.0 Å². The molecule has 3 N–H and O–H groups in total. The third-order valence-corrected chi connectivity index (χ3v) is 3.34. The molecule has 0 saturated carbocycles. The number of amides is 2. The zero-order valence-corrected chi connectivity index (χ0v) is 13.8. The monoisotopic (exact) mass is 301 g/mol. The van der Waals surface area contributed by atoms with Crippen molar-refractivity contribution in [1.82, 2.24) is 15.5 Å². The lowest BCUT2D eigenvalue weighted by Gasteiger charge is -2.30. The van der Waals surface area contributed by atoms with Gasteiger partial charge in [-0.3, -0.25) is 9.69 Å². The Balaban J connectivity index is 3.60. The Bertz CT molecular complexity index is 299. The molecular formula is C15H31N3O3. The van der Waals surface area contributed by atoms with E-state index in [1.165, 1.54) is 0 Å². The highest BCUT2D eigenvalue weighted by atomic mass is 16.4. The average molecular weight is 301 g/mol. The number of carbonyl (C=O) groups excluding carboxylic acids is 1. The highest BCUT2D eigenvalue weighted by Gasteiger charge is 2.12. The largest absolute Gasteiger partial charge is 0.481 e. The smallest absolute Gasteiger partial charge is 0.314 e. The number of nitrogens with one attached hydrogen (secondary N) is 2. The highest BCUT2D eigenvalue weighted by Crippen LogP contribution is 2.03. The van der Waals surface area contributed by atoms with Gasteiger partial charge in [-0.15, -0.1) is 0 Å². The van der Waals surface area contributed by atoms with Gasteiger partial charge in [0.15, 0.2) is 0 Å². The van der Waals surface area contributed by atoms with Crippen molar-refractivity contribution in [3.63, 3.8) is 0 Å². The second kappa shape index (κ2) is 11.4. The topological polar surface area (TPSA) is 81.7 Å². The van der Waals surface area contributed by atoms with Gasteiger partial charge in [0.1, 0.15) is 0 Å². The molecule has 0 rings (SSSR count). The van der Waals surface area contributed by atoms with Gasteiger partial charge in [-0.2, -0.15) is 0 Å². The Morgan fingerprint density at radius 1 is 0.952 bits per heavy atom. The molecule has 21 heavy (non-hydrogen) atoms. The molecule has 0 heterocycles. The Morgan fingerprint density at radius 3 is 2.05 bits per heavy atom. The zero-order chi connectivity index (χ0) is 16.3. The second-order valence-corrected chi connectivity index (χ2v) is 5.81. The summed E-state index contributed by atoms with van der Waals surface area (Å²) in [4.78, 5) is 24.2. The van der Waals surface area contributed by atoms with Crippen LogP contribution in [-0.4, -0.2) is 53.7 Å². The van der Waals surface area contributed by atoms with Crippen molar-refractivity contribution in [2.45, 2.75) is 65.5 Å². The number of aliphatic carboxylic acids is 1. The average Bonchev–Trinajstić information content (AvgIpc) is 2.37.